The van der Waals surface area contributed by atoms with Gasteiger partial charge in [0.2, 0.25) is 0 Å². The molecule has 0 saturated heterocycles. The van der Waals surface area contributed by atoms with Crippen molar-refractivity contribution in [2.75, 3.05) is 6.61 Å². The Morgan fingerprint density at radius 1 is 1.71 bits per heavy atom. The summed E-state index contributed by atoms with van der Waals surface area (Å²) in [7, 11) is 0. The lowest BCUT2D eigenvalue weighted by molar-refractivity contribution is 0.268. The lowest BCUT2D eigenvalue weighted by Crippen LogP contribution is -1.94. The number of aliphatic hydroxyl groups excluding tert-OH is 1. The first kappa shape index (κ1) is 6.96. The second-order valence-electron chi connectivity index (χ2n) is 1.79. The molecule has 0 aromatic rings. The third-order valence-corrected chi connectivity index (χ3v) is 1.11. The summed E-state index contributed by atoms with van der Waals surface area (Å²) in [5.74, 6) is 0.449. The quantitative estimate of drug-likeness (QED) is 0.567. The minimum atomic E-state index is 0.280. The van der Waals surface area contributed by atoms with Crippen molar-refractivity contribution in [3.63, 3.8) is 0 Å². The Bertz CT molecular complexity index is 35.2. The van der Waals surface area contributed by atoms with Gasteiger partial charge in [-0.2, -0.15) is 0 Å². The molecule has 0 aliphatic carbocycles. The molecule has 7 heavy (non-hydrogen) atoms. The molecule has 1 unspecified atom stereocenters. The van der Waals surface area contributed by atoms with Crippen LogP contribution in [0.15, 0.2) is 0 Å². The molecule has 0 aromatic carbocycles. The monoisotopic (exact) mass is 101 g/mol. The summed E-state index contributed by atoms with van der Waals surface area (Å²) in [6.45, 7) is 6.14. The molecule has 1 heteroatoms. The van der Waals surface area contributed by atoms with Gasteiger partial charge in [0, 0.05) is 6.61 Å². The number of aliphatic hydroxyl groups is 1. The molecule has 1 atom stereocenters. The van der Waals surface area contributed by atoms with E-state index in [1.54, 1.807) is 0 Å². The molecule has 0 rings (SSSR count). The van der Waals surface area contributed by atoms with Crippen LogP contribution in [0.1, 0.15) is 19.8 Å². The minimum absolute atomic E-state index is 0.280. The van der Waals surface area contributed by atoms with E-state index in [4.69, 9.17) is 5.11 Å². The zero-order chi connectivity index (χ0) is 5.70. The molecule has 0 aliphatic heterocycles. The topological polar surface area (TPSA) is 20.2 Å². The van der Waals surface area contributed by atoms with Crippen molar-refractivity contribution >= 4 is 0 Å². The van der Waals surface area contributed by atoms with Crippen molar-refractivity contribution in [2.24, 2.45) is 5.92 Å². The van der Waals surface area contributed by atoms with E-state index in [0.29, 0.717) is 5.92 Å². The Hall–Kier alpha value is -0.0400. The number of rotatable bonds is 3. The van der Waals surface area contributed by atoms with Crippen molar-refractivity contribution in [3.8, 4) is 0 Å². The first-order valence-electron chi connectivity index (χ1n) is 2.75. The highest BCUT2D eigenvalue weighted by Crippen LogP contribution is 2.02. The van der Waals surface area contributed by atoms with Crippen LogP contribution in [0, 0.1) is 12.8 Å². The van der Waals surface area contributed by atoms with Crippen LogP contribution in [0.3, 0.4) is 0 Å². The van der Waals surface area contributed by atoms with Gasteiger partial charge in [-0.15, -0.1) is 0 Å². The normalized spacial score (nSPS) is 14.1. The van der Waals surface area contributed by atoms with E-state index < -0.39 is 0 Å². The predicted octanol–water partition coefficient (Wildman–Crippen LogP) is 1.23. The van der Waals surface area contributed by atoms with E-state index in [1.165, 1.54) is 0 Å². The smallest absolute Gasteiger partial charge is 0.0433 e. The molecule has 0 heterocycles. The lowest BCUT2D eigenvalue weighted by atomic mass is 10.1. The van der Waals surface area contributed by atoms with E-state index in [1.807, 2.05) is 0 Å². The van der Waals surface area contributed by atoms with E-state index >= 15 is 0 Å². The van der Waals surface area contributed by atoms with Crippen LogP contribution in [0.4, 0.5) is 0 Å². The molecule has 0 aromatic heterocycles. The average molecular weight is 101 g/mol. The fourth-order valence-electron chi connectivity index (χ4n) is 0.387. The Balaban J connectivity index is 2.83. The molecule has 0 aliphatic rings. The Labute approximate surface area is 45.4 Å². The fraction of sp³-hybridized carbons (Fsp3) is 0.833. The lowest BCUT2D eigenvalue weighted by Gasteiger charge is -2.01. The highest BCUT2D eigenvalue weighted by Gasteiger charge is 1.93. The van der Waals surface area contributed by atoms with Crippen molar-refractivity contribution in [1.29, 1.82) is 0 Å². The molecule has 43 valence electrons. The Morgan fingerprint density at radius 3 is 2.43 bits per heavy atom. The van der Waals surface area contributed by atoms with Gasteiger partial charge in [0.15, 0.2) is 0 Å². The highest BCUT2D eigenvalue weighted by atomic mass is 16.2. The van der Waals surface area contributed by atoms with Crippen LogP contribution >= 0.6 is 0 Å². The zero-order valence-corrected chi connectivity index (χ0v) is 4.85. The standard InChI is InChI=1S/C6H13O/c1-3-6(2)4-5-7/h6-7H,2-5H2,1H3. The predicted molar refractivity (Wildman–Crippen MR) is 30.8 cm³/mol. The van der Waals surface area contributed by atoms with E-state index in [0.717, 1.165) is 12.8 Å². The molecule has 0 bridgehead atoms. The van der Waals surface area contributed by atoms with E-state index in [-0.39, 0.29) is 6.61 Å². The molecule has 0 spiro atoms. The molecule has 0 amide bonds. The Morgan fingerprint density at radius 2 is 2.29 bits per heavy atom. The molecule has 1 N–H and O–H groups in total. The van der Waals surface area contributed by atoms with Gasteiger partial charge in [-0.1, -0.05) is 20.3 Å². The fourth-order valence-corrected chi connectivity index (χ4v) is 0.387. The van der Waals surface area contributed by atoms with Crippen LogP contribution < -0.4 is 0 Å². The number of hydrogen-bond donors (Lipinski definition) is 1. The molecular formula is C6H13O. The first-order chi connectivity index (χ1) is 3.31. The van der Waals surface area contributed by atoms with Gasteiger partial charge < -0.3 is 5.11 Å². The second-order valence-corrected chi connectivity index (χ2v) is 1.79. The second kappa shape index (κ2) is 4.13. The summed E-state index contributed by atoms with van der Waals surface area (Å²) in [6, 6.07) is 0. The third-order valence-electron chi connectivity index (χ3n) is 1.11. The van der Waals surface area contributed by atoms with Gasteiger partial charge in [0.1, 0.15) is 0 Å². The van der Waals surface area contributed by atoms with Gasteiger partial charge >= 0.3 is 0 Å². The van der Waals surface area contributed by atoms with Gasteiger partial charge in [-0.25, -0.2) is 0 Å². The maximum Gasteiger partial charge on any atom is 0.0433 e. The van der Waals surface area contributed by atoms with Gasteiger partial charge in [0.05, 0.1) is 0 Å². The maximum absolute atomic E-state index is 8.33. The molecule has 0 fully saturated rings. The molecule has 1 nitrogen and oxygen atoms in total. The molecule has 1 radical (unpaired) electrons. The van der Waals surface area contributed by atoms with Crippen molar-refractivity contribution in [2.45, 2.75) is 19.8 Å². The van der Waals surface area contributed by atoms with Crippen LogP contribution in [0.25, 0.3) is 0 Å². The first-order valence-corrected chi connectivity index (χ1v) is 2.75. The SMILES string of the molecule is [CH2]C(CC)CCO. The molecular weight excluding hydrogens is 88.1 g/mol. The maximum atomic E-state index is 8.33. The van der Waals surface area contributed by atoms with Crippen molar-refractivity contribution < 1.29 is 5.11 Å². The van der Waals surface area contributed by atoms with Crippen LogP contribution in [-0.4, -0.2) is 11.7 Å². The number of hydrogen-bond acceptors (Lipinski definition) is 1. The van der Waals surface area contributed by atoms with Gasteiger partial charge in [-0.3, -0.25) is 0 Å². The largest absolute Gasteiger partial charge is 0.396 e. The van der Waals surface area contributed by atoms with Crippen molar-refractivity contribution in [1.82, 2.24) is 0 Å². The summed E-state index contributed by atoms with van der Waals surface area (Å²) in [5.41, 5.74) is 0. The summed E-state index contributed by atoms with van der Waals surface area (Å²) in [4.78, 5) is 0. The van der Waals surface area contributed by atoms with Crippen molar-refractivity contribution in [3.05, 3.63) is 6.92 Å². The summed E-state index contributed by atoms with van der Waals surface area (Å²) < 4.78 is 0. The highest BCUT2D eigenvalue weighted by molar-refractivity contribution is 4.56. The van der Waals surface area contributed by atoms with E-state index in [2.05, 4.69) is 13.8 Å². The minimum Gasteiger partial charge on any atom is -0.396 e. The Kier molecular flexibility index (Phi) is 4.10. The summed E-state index contributed by atoms with van der Waals surface area (Å²) in [6.07, 6.45) is 1.91. The van der Waals surface area contributed by atoms with E-state index in [9.17, 15) is 0 Å². The van der Waals surface area contributed by atoms with Crippen LogP contribution in [0.2, 0.25) is 0 Å². The summed E-state index contributed by atoms with van der Waals surface area (Å²) >= 11 is 0. The summed E-state index contributed by atoms with van der Waals surface area (Å²) in [5, 5.41) is 8.33. The van der Waals surface area contributed by atoms with Crippen LogP contribution in [0.5, 0.6) is 0 Å². The van der Waals surface area contributed by atoms with Gasteiger partial charge in [-0.05, 0) is 12.3 Å². The average Bonchev–Trinajstić information content (AvgIpc) is 1.68. The van der Waals surface area contributed by atoms with Crippen LogP contribution in [-0.2, 0) is 0 Å². The van der Waals surface area contributed by atoms with Gasteiger partial charge in [0.25, 0.3) is 0 Å². The molecule has 0 saturated carbocycles. The third kappa shape index (κ3) is 3.80. The zero-order valence-electron chi connectivity index (χ0n) is 4.85.